The quantitative estimate of drug-likeness (QED) is 0.867. The molecule has 0 aromatic carbocycles. The first-order chi connectivity index (χ1) is 7.79. The van der Waals surface area contributed by atoms with Gasteiger partial charge in [0, 0.05) is 16.5 Å². The molecular formula is C13H22N2OS. The molecule has 0 bridgehead atoms. The van der Waals surface area contributed by atoms with E-state index < -0.39 is 0 Å². The lowest BCUT2D eigenvalue weighted by atomic mass is 10.1. The van der Waals surface area contributed by atoms with Gasteiger partial charge in [-0.3, -0.25) is 10.1 Å². The minimum atomic E-state index is -0.189. The van der Waals surface area contributed by atoms with Gasteiger partial charge in [0.1, 0.15) is 0 Å². The van der Waals surface area contributed by atoms with Gasteiger partial charge in [-0.2, -0.15) is 0 Å². The predicted molar refractivity (Wildman–Crippen MR) is 73.2 cm³/mol. The number of carbonyl (C=O) groups excluding carboxylic acids is 1. The molecule has 0 saturated carbocycles. The molecule has 1 rings (SSSR count). The van der Waals surface area contributed by atoms with E-state index >= 15 is 0 Å². The highest BCUT2D eigenvalue weighted by Gasteiger charge is 2.20. The zero-order chi connectivity index (χ0) is 13.1. The maximum absolute atomic E-state index is 11.9. The van der Waals surface area contributed by atoms with Crippen LogP contribution in [0.1, 0.15) is 45.5 Å². The summed E-state index contributed by atoms with van der Waals surface area (Å²) in [6.07, 6.45) is 0. The van der Waals surface area contributed by atoms with Crippen LogP contribution in [0.3, 0.4) is 0 Å². The molecule has 1 unspecified atom stereocenters. The van der Waals surface area contributed by atoms with Gasteiger partial charge in [-0.1, -0.05) is 6.07 Å². The monoisotopic (exact) mass is 254 g/mol. The fourth-order valence-electron chi connectivity index (χ4n) is 1.55. The first-order valence-electron chi connectivity index (χ1n) is 5.91. The lowest BCUT2D eigenvalue weighted by Crippen LogP contribution is -2.49. The normalized spacial score (nSPS) is 15.4. The molecule has 0 saturated heterocycles. The number of hydrogen-bond acceptors (Lipinski definition) is 3. The predicted octanol–water partition coefficient (Wildman–Crippen LogP) is 2.70. The summed E-state index contributed by atoms with van der Waals surface area (Å²) >= 11 is 1.70. The van der Waals surface area contributed by atoms with Crippen LogP contribution in [0.5, 0.6) is 0 Å². The van der Waals surface area contributed by atoms with Gasteiger partial charge in [0.15, 0.2) is 0 Å². The van der Waals surface area contributed by atoms with E-state index in [-0.39, 0.29) is 23.5 Å². The Morgan fingerprint density at radius 3 is 2.47 bits per heavy atom. The van der Waals surface area contributed by atoms with Crippen molar-refractivity contribution in [3.8, 4) is 0 Å². The molecule has 0 fully saturated rings. The standard InChI is InChI=1S/C13H22N2OS/c1-9(11-7-6-8-17-11)14-10(2)12(16)15-13(3,4)5/h6-10,14H,1-5H3,(H,15,16)/t9-,10?/m1/s1. The van der Waals surface area contributed by atoms with Crippen molar-refractivity contribution in [2.45, 2.75) is 52.2 Å². The maximum atomic E-state index is 11.9. The molecule has 1 aromatic heterocycles. The Morgan fingerprint density at radius 1 is 1.35 bits per heavy atom. The summed E-state index contributed by atoms with van der Waals surface area (Å²) in [4.78, 5) is 13.1. The van der Waals surface area contributed by atoms with E-state index in [2.05, 4.69) is 23.6 Å². The van der Waals surface area contributed by atoms with Gasteiger partial charge in [0.2, 0.25) is 5.91 Å². The average Bonchev–Trinajstić information content (AvgIpc) is 2.67. The van der Waals surface area contributed by atoms with Crippen molar-refractivity contribution in [2.75, 3.05) is 0 Å². The first kappa shape index (κ1) is 14.2. The summed E-state index contributed by atoms with van der Waals surface area (Å²) in [5.41, 5.74) is -0.181. The third-order valence-electron chi connectivity index (χ3n) is 2.36. The number of carbonyl (C=O) groups is 1. The first-order valence-corrected chi connectivity index (χ1v) is 6.79. The number of nitrogens with one attached hydrogen (secondary N) is 2. The van der Waals surface area contributed by atoms with Crippen molar-refractivity contribution in [3.05, 3.63) is 22.4 Å². The van der Waals surface area contributed by atoms with Crippen molar-refractivity contribution >= 4 is 17.2 Å². The Labute approximate surface area is 108 Å². The van der Waals surface area contributed by atoms with E-state index in [4.69, 9.17) is 0 Å². The zero-order valence-corrected chi connectivity index (χ0v) is 12.0. The molecule has 1 amide bonds. The Hall–Kier alpha value is -0.870. The molecule has 1 heterocycles. The van der Waals surface area contributed by atoms with Gasteiger partial charge >= 0.3 is 0 Å². The van der Waals surface area contributed by atoms with Gasteiger partial charge < -0.3 is 5.32 Å². The summed E-state index contributed by atoms with van der Waals surface area (Å²) in [6.45, 7) is 9.93. The van der Waals surface area contributed by atoms with E-state index in [9.17, 15) is 4.79 Å². The highest BCUT2D eigenvalue weighted by atomic mass is 32.1. The van der Waals surface area contributed by atoms with Crippen LogP contribution >= 0.6 is 11.3 Å². The smallest absolute Gasteiger partial charge is 0.237 e. The summed E-state index contributed by atoms with van der Waals surface area (Å²) in [5.74, 6) is 0.0425. The SMILES string of the molecule is CC(N[C@H](C)c1cccs1)C(=O)NC(C)(C)C. The Kier molecular flexibility index (Phi) is 4.71. The molecule has 1 aromatic rings. The molecule has 2 atom stereocenters. The number of hydrogen-bond donors (Lipinski definition) is 2. The molecule has 17 heavy (non-hydrogen) atoms. The lowest BCUT2D eigenvalue weighted by molar-refractivity contribution is -0.124. The van der Waals surface area contributed by atoms with Crippen LogP contribution in [-0.2, 0) is 4.79 Å². The van der Waals surface area contributed by atoms with E-state index in [0.29, 0.717) is 0 Å². The minimum absolute atomic E-state index is 0.0425. The van der Waals surface area contributed by atoms with E-state index in [1.54, 1.807) is 11.3 Å². The summed E-state index contributed by atoms with van der Waals surface area (Å²) in [6, 6.07) is 4.12. The number of rotatable bonds is 4. The van der Waals surface area contributed by atoms with Gasteiger partial charge in [-0.15, -0.1) is 11.3 Å². The van der Waals surface area contributed by atoms with Crippen LogP contribution in [0.15, 0.2) is 17.5 Å². The molecule has 2 N–H and O–H groups in total. The van der Waals surface area contributed by atoms with Crippen LogP contribution in [0.2, 0.25) is 0 Å². The highest BCUT2D eigenvalue weighted by Crippen LogP contribution is 2.18. The molecule has 0 aliphatic heterocycles. The molecule has 96 valence electrons. The van der Waals surface area contributed by atoms with Gasteiger partial charge in [0.25, 0.3) is 0 Å². The minimum Gasteiger partial charge on any atom is -0.350 e. The van der Waals surface area contributed by atoms with Crippen LogP contribution in [0.25, 0.3) is 0 Å². The second-order valence-electron chi connectivity index (χ2n) is 5.36. The fourth-order valence-corrected chi connectivity index (χ4v) is 2.29. The van der Waals surface area contributed by atoms with Gasteiger partial charge in [-0.25, -0.2) is 0 Å². The Balaban J connectivity index is 2.49. The van der Waals surface area contributed by atoms with E-state index in [0.717, 1.165) is 0 Å². The van der Waals surface area contributed by atoms with E-state index in [1.165, 1.54) is 4.88 Å². The molecule has 4 heteroatoms. The summed E-state index contributed by atoms with van der Waals surface area (Å²) in [5, 5.41) is 8.32. The van der Waals surface area contributed by atoms with E-state index in [1.807, 2.05) is 39.1 Å². The molecular weight excluding hydrogens is 232 g/mol. The largest absolute Gasteiger partial charge is 0.350 e. The van der Waals surface area contributed by atoms with Crippen molar-refractivity contribution in [1.29, 1.82) is 0 Å². The van der Waals surface area contributed by atoms with Crippen molar-refractivity contribution in [2.24, 2.45) is 0 Å². The second kappa shape index (κ2) is 5.65. The van der Waals surface area contributed by atoms with Crippen LogP contribution in [0.4, 0.5) is 0 Å². The summed E-state index contributed by atoms with van der Waals surface area (Å²) < 4.78 is 0. The molecule has 0 spiro atoms. The third kappa shape index (κ3) is 4.88. The van der Waals surface area contributed by atoms with Gasteiger partial charge in [-0.05, 0) is 46.1 Å². The molecule has 3 nitrogen and oxygen atoms in total. The topological polar surface area (TPSA) is 41.1 Å². The number of thiophene rings is 1. The maximum Gasteiger partial charge on any atom is 0.237 e. The Bertz CT molecular complexity index is 354. The van der Waals surface area contributed by atoms with Crippen molar-refractivity contribution in [1.82, 2.24) is 10.6 Å². The van der Waals surface area contributed by atoms with Crippen molar-refractivity contribution in [3.63, 3.8) is 0 Å². The van der Waals surface area contributed by atoms with Crippen LogP contribution < -0.4 is 10.6 Å². The highest BCUT2D eigenvalue weighted by molar-refractivity contribution is 7.10. The van der Waals surface area contributed by atoms with Gasteiger partial charge in [0.05, 0.1) is 6.04 Å². The third-order valence-corrected chi connectivity index (χ3v) is 3.42. The summed E-state index contributed by atoms with van der Waals surface area (Å²) in [7, 11) is 0. The Morgan fingerprint density at radius 2 is 2.00 bits per heavy atom. The van der Waals surface area contributed by atoms with Crippen LogP contribution in [-0.4, -0.2) is 17.5 Å². The van der Waals surface area contributed by atoms with Crippen LogP contribution in [0, 0.1) is 0 Å². The fraction of sp³-hybridized carbons (Fsp3) is 0.615. The molecule has 0 aliphatic rings. The molecule has 0 radical (unpaired) electrons. The lowest BCUT2D eigenvalue weighted by Gasteiger charge is -2.25. The number of amides is 1. The molecule has 0 aliphatic carbocycles. The zero-order valence-electron chi connectivity index (χ0n) is 11.2. The average molecular weight is 254 g/mol. The second-order valence-corrected chi connectivity index (χ2v) is 6.34. The van der Waals surface area contributed by atoms with Crippen molar-refractivity contribution < 1.29 is 4.79 Å².